The number of hydrogen-bond donors (Lipinski definition) is 0. The van der Waals surface area contributed by atoms with Gasteiger partial charge < -0.3 is 0 Å². The zero-order valence-electron chi connectivity index (χ0n) is 11.5. The van der Waals surface area contributed by atoms with Crippen molar-refractivity contribution in [2.24, 2.45) is 5.92 Å². The van der Waals surface area contributed by atoms with Gasteiger partial charge in [0.25, 0.3) is 10.0 Å². The average molecular weight is 281 g/mol. The second-order valence-corrected chi connectivity index (χ2v) is 6.52. The summed E-state index contributed by atoms with van der Waals surface area (Å²) in [6.07, 6.45) is 2.06. The van der Waals surface area contributed by atoms with Gasteiger partial charge in [-0.1, -0.05) is 30.7 Å². The van der Waals surface area contributed by atoms with E-state index < -0.39 is 21.8 Å². The Bertz CT molecular complexity index is 561. The lowest BCUT2D eigenvalue weighted by Crippen LogP contribution is -2.36. The number of amides is 1. The molecule has 1 rings (SSSR count). The first-order chi connectivity index (χ1) is 8.80. The molecule has 1 atom stereocenters. The molecule has 0 aliphatic heterocycles. The van der Waals surface area contributed by atoms with Gasteiger partial charge in [0.2, 0.25) is 5.91 Å². The highest BCUT2D eigenvalue weighted by Gasteiger charge is 2.28. The molecule has 0 spiro atoms. The van der Waals surface area contributed by atoms with E-state index in [-0.39, 0.29) is 4.90 Å². The number of nitrogens with zero attached hydrogens (tertiary/aromatic N) is 1. The Kier molecular flexibility index (Phi) is 4.89. The number of allylic oxidation sites excluding steroid dienone is 1. The molecule has 0 radical (unpaired) electrons. The maximum atomic E-state index is 12.3. The van der Waals surface area contributed by atoms with Gasteiger partial charge in [-0.05, 0) is 25.5 Å². The van der Waals surface area contributed by atoms with Crippen LogP contribution in [0.4, 0.5) is 0 Å². The van der Waals surface area contributed by atoms with Crippen LogP contribution in [0.3, 0.4) is 0 Å². The van der Waals surface area contributed by atoms with E-state index in [2.05, 4.69) is 6.58 Å². The molecule has 0 heterocycles. The van der Waals surface area contributed by atoms with Crippen molar-refractivity contribution >= 4 is 15.9 Å². The van der Waals surface area contributed by atoms with Gasteiger partial charge in [-0.3, -0.25) is 4.79 Å². The van der Waals surface area contributed by atoms with E-state index in [1.54, 1.807) is 25.1 Å². The normalized spacial score (nSPS) is 12.8. The monoisotopic (exact) mass is 281 g/mol. The quantitative estimate of drug-likeness (QED) is 0.778. The summed E-state index contributed by atoms with van der Waals surface area (Å²) in [6.45, 7) is 7.11. The molecular formula is C14H19NO3S. The fourth-order valence-corrected chi connectivity index (χ4v) is 2.86. The molecule has 4 nitrogen and oxygen atoms in total. The molecule has 0 aliphatic rings. The molecule has 1 amide bonds. The summed E-state index contributed by atoms with van der Waals surface area (Å²) in [5.74, 6) is -0.830. The molecule has 0 fully saturated rings. The summed E-state index contributed by atoms with van der Waals surface area (Å²) in [6, 6.07) is 6.43. The molecular weight excluding hydrogens is 262 g/mol. The van der Waals surface area contributed by atoms with Crippen LogP contribution in [0.1, 0.15) is 18.9 Å². The number of hydrogen-bond acceptors (Lipinski definition) is 3. The van der Waals surface area contributed by atoms with Crippen molar-refractivity contribution in [1.29, 1.82) is 0 Å². The van der Waals surface area contributed by atoms with Crippen LogP contribution in [0.25, 0.3) is 0 Å². The van der Waals surface area contributed by atoms with Crippen LogP contribution in [-0.2, 0) is 14.8 Å². The molecule has 1 aromatic carbocycles. The summed E-state index contributed by atoms with van der Waals surface area (Å²) in [5.41, 5.74) is 0.966. The van der Waals surface area contributed by atoms with Gasteiger partial charge >= 0.3 is 0 Å². The van der Waals surface area contributed by atoms with E-state index in [1.165, 1.54) is 19.2 Å². The van der Waals surface area contributed by atoms with Crippen LogP contribution >= 0.6 is 0 Å². The first kappa shape index (κ1) is 15.4. The van der Waals surface area contributed by atoms with Crippen LogP contribution < -0.4 is 0 Å². The van der Waals surface area contributed by atoms with Crippen molar-refractivity contribution in [3.63, 3.8) is 0 Å². The topological polar surface area (TPSA) is 54.5 Å². The van der Waals surface area contributed by atoms with E-state index >= 15 is 0 Å². The number of rotatable bonds is 5. The lowest BCUT2D eigenvalue weighted by molar-refractivity contribution is -0.129. The molecule has 0 saturated heterocycles. The van der Waals surface area contributed by atoms with E-state index in [9.17, 15) is 13.2 Å². The Morgan fingerprint density at radius 2 is 1.89 bits per heavy atom. The number of aryl methyl sites for hydroxylation is 1. The molecule has 104 valence electrons. The van der Waals surface area contributed by atoms with Gasteiger partial charge in [0, 0.05) is 13.0 Å². The van der Waals surface area contributed by atoms with E-state index in [0.717, 1.165) is 9.87 Å². The van der Waals surface area contributed by atoms with E-state index in [0.29, 0.717) is 6.42 Å². The second kappa shape index (κ2) is 6.02. The van der Waals surface area contributed by atoms with Crippen molar-refractivity contribution < 1.29 is 13.2 Å². The molecule has 1 aromatic rings. The van der Waals surface area contributed by atoms with Crippen molar-refractivity contribution in [1.82, 2.24) is 4.31 Å². The Hall–Kier alpha value is -1.62. The summed E-state index contributed by atoms with van der Waals surface area (Å²) >= 11 is 0. The van der Waals surface area contributed by atoms with Gasteiger partial charge in [-0.2, -0.15) is 0 Å². The fourth-order valence-electron chi connectivity index (χ4n) is 1.65. The first-order valence-electron chi connectivity index (χ1n) is 6.01. The Balaban J connectivity index is 3.03. The van der Waals surface area contributed by atoms with E-state index in [1.807, 2.05) is 6.92 Å². The standard InChI is InChI=1S/C14H19NO3S/c1-5-6-12(3)14(16)15(4)19(17,18)13-9-7-11(2)8-10-13/h5,7-10,12H,1,6H2,2-4H3. The minimum absolute atomic E-state index is 0.125. The SMILES string of the molecule is C=CCC(C)C(=O)N(C)S(=O)(=O)c1ccc(C)cc1. The van der Waals surface area contributed by atoms with Crippen LogP contribution in [0.2, 0.25) is 0 Å². The van der Waals surface area contributed by atoms with Crippen molar-refractivity contribution in [3.05, 3.63) is 42.5 Å². The number of sulfonamides is 1. The smallest absolute Gasteiger partial charge is 0.266 e. The summed E-state index contributed by atoms with van der Waals surface area (Å²) in [7, 11) is -2.48. The average Bonchev–Trinajstić information content (AvgIpc) is 2.37. The van der Waals surface area contributed by atoms with Crippen LogP contribution in [-0.4, -0.2) is 25.7 Å². The number of carbonyl (C=O) groups excluding carboxylic acids is 1. The summed E-state index contributed by atoms with van der Waals surface area (Å²) in [4.78, 5) is 12.1. The minimum atomic E-state index is -3.77. The molecule has 0 bridgehead atoms. The lowest BCUT2D eigenvalue weighted by atomic mass is 10.1. The van der Waals surface area contributed by atoms with Crippen LogP contribution in [0.5, 0.6) is 0 Å². The van der Waals surface area contributed by atoms with Crippen molar-refractivity contribution in [2.45, 2.75) is 25.2 Å². The summed E-state index contributed by atoms with van der Waals surface area (Å²) in [5, 5.41) is 0. The largest absolute Gasteiger partial charge is 0.273 e. The molecule has 0 aromatic heterocycles. The Morgan fingerprint density at radius 1 is 1.37 bits per heavy atom. The number of benzene rings is 1. The first-order valence-corrected chi connectivity index (χ1v) is 7.45. The summed E-state index contributed by atoms with van der Waals surface area (Å²) < 4.78 is 25.4. The predicted molar refractivity (Wildman–Crippen MR) is 75.1 cm³/mol. The Morgan fingerprint density at radius 3 is 2.37 bits per heavy atom. The Labute approximate surface area is 114 Å². The highest BCUT2D eigenvalue weighted by molar-refractivity contribution is 7.89. The predicted octanol–water partition coefficient (Wildman–Crippen LogP) is 2.35. The van der Waals surface area contributed by atoms with E-state index in [4.69, 9.17) is 0 Å². The van der Waals surface area contributed by atoms with Crippen LogP contribution in [0.15, 0.2) is 41.8 Å². The van der Waals surface area contributed by atoms with Gasteiger partial charge in [0.1, 0.15) is 0 Å². The van der Waals surface area contributed by atoms with Crippen molar-refractivity contribution in [2.75, 3.05) is 7.05 Å². The second-order valence-electron chi connectivity index (χ2n) is 4.55. The number of carbonyl (C=O) groups is 1. The molecule has 1 unspecified atom stereocenters. The molecule has 5 heteroatoms. The highest BCUT2D eigenvalue weighted by atomic mass is 32.2. The molecule has 19 heavy (non-hydrogen) atoms. The zero-order chi connectivity index (χ0) is 14.6. The van der Waals surface area contributed by atoms with Crippen molar-refractivity contribution in [3.8, 4) is 0 Å². The third-order valence-corrected chi connectivity index (χ3v) is 4.70. The maximum absolute atomic E-state index is 12.3. The van der Waals surface area contributed by atoms with Gasteiger partial charge in [-0.15, -0.1) is 6.58 Å². The van der Waals surface area contributed by atoms with Gasteiger partial charge in [0.05, 0.1) is 4.90 Å². The third-order valence-electron chi connectivity index (χ3n) is 2.93. The fraction of sp³-hybridized carbons (Fsp3) is 0.357. The minimum Gasteiger partial charge on any atom is -0.273 e. The third kappa shape index (κ3) is 3.44. The molecule has 0 aliphatic carbocycles. The molecule has 0 N–H and O–H groups in total. The van der Waals surface area contributed by atoms with Crippen LogP contribution in [0, 0.1) is 12.8 Å². The highest BCUT2D eigenvalue weighted by Crippen LogP contribution is 2.18. The zero-order valence-corrected chi connectivity index (χ0v) is 12.3. The maximum Gasteiger partial charge on any atom is 0.266 e. The molecule has 0 saturated carbocycles. The van der Waals surface area contributed by atoms with Gasteiger partial charge in [-0.25, -0.2) is 12.7 Å². The lowest BCUT2D eigenvalue weighted by Gasteiger charge is -2.20. The van der Waals surface area contributed by atoms with Gasteiger partial charge in [0.15, 0.2) is 0 Å².